The number of nitrogens with one attached hydrogen (secondary N) is 1. The van der Waals surface area contributed by atoms with Crippen LogP contribution in [-0.4, -0.2) is 48.7 Å². The summed E-state index contributed by atoms with van der Waals surface area (Å²) < 4.78 is 0. The number of hydrogen-bond acceptors (Lipinski definition) is 4. The van der Waals surface area contributed by atoms with Crippen LogP contribution >= 0.6 is 0 Å². The van der Waals surface area contributed by atoms with Gasteiger partial charge in [-0.2, -0.15) is 0 Å². The molecule has 0 spiro atoms. The van der Waals surface area contributed by atoms with Crippen LogP contribution < -0.4 is 10.4 Å². The predicted octanol–water partition coefficient (Wildman–Crippen LogP) is 2.13. The van der Waals surface area contributed by atoms with Crippen molar-refractivity contribution >= 4 is 17.7 Å². The minimum Gasteiger partial charge on any atom is -0.368 e. The van der Waals surface area contributed by atoms with E-state index in [1.807, 2.05) is 18.2 Å². The Hall–Kier alpha value is -1.85. The highest BCUT2D eigenvalue weighted by Gasteiger charge is 2.17. The number of carbonyl (C=O) groups excluding carboxylic acids is 1. The van der Waals surface area contributed by atoms with Crippen molar-refractivity contribution in [3.8, 4) is 0 Å². The molecule has 22 heavy (non-hydrogen) atoms. The van der Waals surface area contributed by atoms with E-state index in [0.29, 0.717) is 0 Å². The molecule has 1 aromatic rings. The van der Waals surface area contributed by atoms with Crippen LogP contribution in [0.2, 0.25) is 0 Å². The zero-order valence-corrected chi connectivity index (χ0v) is 13.2. The third-order valence-electron chi connectivity index (χ3n) is 4.00. The summed E-state index contributed by atoms with van der Waals surface area (Å²) >= 11 is 0. The van der Waals surface area contributed by atoms with Gasteiger partial charge in [-0.05, 0) is 30.7 Å². The molecule has 1 aromatic carbocycles. The molecule has 1 heterocycles. The number of anilines is 1. The van der Waals surface area contributed by atoms with E-state index in [1.165, 1.54) is 25.5 Å². The Balaban J connectivity index is 2.01. The van der Waals surface area contributed by atoms with Crippen molar-refractivity contribution in [1.82, 2.24) is 10.4 Å². The van der Waals surface area contributed by atoms with Gasteiger partial charge >= 0.3 is 0 Å². The molecule has 0 unspecified atom stereocenters. The normalized spacial score (nSPS) is 16.2. The summed E-state index contributed by atoms with van der Waals surface area (Å²) in [6.07, 6.45) is 5.58. The second-order valence-corrected chi connectivity index (χ2v) is 5.55. The van der Waals surface area contributed by atoms with E-state index >= 15 is 0 Å². The number of piperazine rings is 1. The number of para-hydroxylation sites is 1. The van der Waals surface area contributed by atoms with Crippen LogP contribution in [0.25, 0.3) is 6.08 Å². The fourth-order valence-electron chi connectivity index (χ4n) is 2.71. The Labute approximate surface area is 132 Å². The van der Waals surface area contributed by atoms with Gasteiger partial charge in [0.1, 0.15) is 0 Å². The van der Waals surface area contributed by atoms with Gasteiger partial charge in [0, 0.05) is 37.9 Å². The van der Waals surface area contributed by atoms with E-state index in [-0.39, 0.29) is 0 Å². The number of unbranched alkanes of at least 4 members (excludes halogenated alkanes) is 1. The zero-order chi connectivity index (χ0) is 15.8. The highest BCUT2D eigenvalue weighted by atomic mass is 16.5. The molecular weight excluding hydrogens is 278 g/mol. The van der Waals surface area contributed by atoms with E-state index in [9.17, 15) is 4.79 Å². The summed E-state index contributed by atoms with van der Waals surface area (Å²) in [4.78, 5) is 16.0. The third-order valence-corrected chi connectivity index (χ3v) is 4.00. The molecule has 0 saturated carbocycles. The van der Waals surface area contributed by atoms with Crippen molar-refractivity contribution in [3.05, 3.63) is 35.9 Å². The first-order valence-electron chi connectivity index (χ1n) is 7.93. The molecule has 0 aliphatic carbocycles. The largest absolute Gasteiger partial charge is 0.368 e. The quantitative estimate of drug-likeness (QED) is 0.480. The average Bonchev–Trinajstić information content (AvgIpc) is 2.58. The number of carbonyl (C=O) groups is 1. The summed E-state index contributed by atoms with van der Waals surface area (Å²) in [6.45, 7) is 7.57. The lowest BCUT2D eigenvalue weighted by atomic mass is 10.1. The number of hydrogen-bond donors (Lipinski definition) is 2. The molecule has 2 N–H and O–H groups in total. The van der Waals surface area contributed by atoms with Crippen LogP contribution in [0.5, 0.6) is 0 Å². The minimum absolute atomic E-state index is 0.515. The lowest BCUT2D eigenvalue weighted by molar-refractivity contribution is -0.124. The average molecular weight is 303 g/mol. The van der Waals surface area contributed by atoms with Gasteiger partial charge in [0.25, 0.3) is 5.91 Å². The smallest absolute Gasteiger partial charge is 0.267 e. The van der Waals surface area contributed by atoms with Gasteiger partial charge in [0.15, 0.2) is 0 Å². The van der Waals surface area contributed by atoms with E-state index in [1.54, 1.807) is 11.6 Å². The van der Waals surface area contributed by atoms with Gasteiger partial charge in [-0.3, -0.25) is 14.9 Å². The van der Waals surface area contributed by atoms with E-state index in [2.05, 4.69) is 22.8 Å². The Morgan fingerprint density at radius 1 is 1.27 bits per heavy atom. The summed E-state index contributed by atoms with van der Waals surface area (Å²) in [5.74, 6) is -0.515. The Kier molecular flexibility index (Phi) is 6.43. The highest BCUT2D eigenvalue weighted by Crippen LogP contribution is 2.23. The van der Waals surface area contributed by atoms with E-state index in [0.717, 1.165) is 37.4 Å². The molecule has 0 radical (unpaired) electrons. The topological polar surface area (TPSA) is 55.8 Å². The number of amides is 1. The summed E-state index contributed by atoms with van der Waals surface area (Å²) in [5, 5.41) is 8.56. The van der Waals surface area contributed by atoms with Gasteiger partial charge < -0.3 is 4.90 Å². The molecule has 0 aromatic heterocycles. The van der Waals surface area contributed by atoms with Crippen LogP contribution in [-0.2, 0) is 4.79 Å². The van der Waals surface area contributed by atoms with E-state index in [4.69, 9.17) is 5.21 Å². The fraction of sp³-hybridized carbons (Fsp3) is 0.471. The third kappa shape index (κ3) is 4.58. The molecule has 2 rings (SSSR count). The van der Waals surface area contributed by atoms with Crippen LogP contribution in [0.1, 0.15) is 25.3 Å². The summed E-state index contributed by atoms with van der Waals surface area (Å²) in [7, 11) is 0. The monoisotopic (exact) mass is 303 g/mol. The first-order valence-corrected chi connectivity index (χ1v) is 7.93. The van der Waals surface area contributed by atoms with Gasteiger partial charge in [-0.1, -0.05) is 31.5 Å². The van der Waals surface area contributed by atoms with Crippen LogP contribution in [0.3, 0.4) is 0 Å². The Bertz CT molecular complexity index is 508. The second kappa shape index (κ2) is 8.56. The zero-order valence-electron chi connectivity index (χ0n) is 13.2. The van der Waals surface area contributed by atoms with Crippen molar-refractivity contribution in [2.45, 2.75) is 19.8 Å². The summed E-state index contributed by atoms with van der Waals surface area (Å²) in [5.41, 5.74) is 3.75. The molecule has 1 amide bonds. The SMILES string of the molecule is CCCCN1CCN(c2ccccc2/C=C/C(=O)NO)CC1. The predicted molar refractivity (Wildman–Crippen MR) is 89.0 cm³/mol. The maximum absolute atomic E-state index is 11.1. The fourth-order valence-corrected chi connectivity index (χ4v) is 2.71. The van der Waals surface area contributed by atoms with Crippen LogP contribution in [0, 0.1) is 0 Å². The number of benzene rings is 1. The lowest BCUT2D eigenvalue weighted by Crippen LogP contribution is -2.46. The van der Waals surface area contributed by atoms with Crippen molar-refractivity contribution in [2.24, 2.45) is 0 Å². The van der Waals surface area contributed by atoms with Crippen molar-refractivity contribution < 1.29 is 10.0 Å². The first-order chi connectivity index (χ1) is 10.7. The molecule has 1 saturated heterocycles. The number of nitrogens with zero attached hydrogens (tertiary/aromatic N) is 2. The Morgan fingerprint density at radius 3 is 2.68 bits per heavy atom. The molecule has 0 bridgehead atoms. The van der Waals surface area contributed by atoms with E-state index < -0.39 is 5.91 Å². The van der Waals surface area contributed by atoms with Gasteiger partial charge in [-0.15, -0.1) is 0 Å². The first kappa shape index (κ1) is 16.5. The minimum atomic E-state index is -0.515. The maximum atomic E-state index is 11.1. The molecule has 5 heteroatoms. The van der Waals surface area contributed by atoms with Crippen molar-refractivity contribution in [1.29, 1.82) is 0 Å². The maximum Gasteiger partial charge on any atom is 0.267 e. The molecule has 120 valence electrons. The molecule has 1 aliphatic heterocycles. The standard InChI is InChI=1S/C17H25N3O2/c1-2-3-10-19-11-13-20(14-12-19)16-7-5-4-6-15(16)8-9-17(21)18-22/h4-9,22H,2-3,10-14H2,1H3,(H,18,21)/b9-8+. The number of rotatable bonds is 6. The highest BCUT2D eigenvalue weighted by molar-refractivity contribution is 5.91. The van der Waals surface area contributed by atoms with Crippen LogP contribution in [0.15, 0.2) is 30.3 Å². The number of hydroxylamine groups is 1. The van der Waals surface area contributed by atoms with Crippen molar-refractivity contribution in [3.63, 3.8) is 0 Å². The Morgan fingerprint density at radius 2 is 2.00 bits per heavy atom. The molecule has 1 fully saturated rings. The molecular formula is C17H25N3O2. The van der Waals surface area contributed by atoms with Gasteiger partial charge in [-0.25, -0.2) is 5.48 Å². The van der Waals surface area contributed by atoms with Crippen LogP contribution in [0.4, 0.5) is 5.69 Å². The molecule has 1 aliphatic rings. The van der Waals surface area contributed by atoms with Crippen molar-refractivity contribution in [2.75, 3.05) is 37.6 Å². The second-order valence-electron chi connectivity index (χ2n) is 5.55. The molecule has 0 atom stereocenters. The lowest BCUT2D eigenvalue weighted by Gasteiger charge is -2.36. The van der Waals surface area contributed by atoms with Gasteiger partial charge in [0.2, 0.25) is 0 Å². The van der Waals surface area contributed by atoms with Gasteiger partial charge in [0.05, 0.1) is 0 Å². The molecule has 5 nitrogen and oxygen atoms in total. The summed E-state index contributed by atoms with van der Waals surface area (Å²) in [6, 6.07) is 8.04.